The van der Waals surface area contributed by atoms with Crippen LogP contribution in [0.1, 0.15) is 0 Å². The van der Waals surface area contributed by atoms with Crippen molar-refractivity contribution in [1.29, 1.82) is 0 Å². The summed E-state index contributed by atoms with van der Waals surface area (Å²) in [6.07, 6.45) is 0. The molecule has 68 valence electrons. The summed E-state index contributed by atoms with van der Waals surface area (Å²) in [5.74, 6) is 0. The van der Waals surface area contributed by atoms with Crippen molar-refractivity contribution in [2.75, 3.05) is 0 Å². The van der Waals surface area contributed by atoms with Crippen LogP contribution in [-0.2, 0) is 0 Å². The van der Waals surface area contributed by atoms with Gasteiger partial charge in [-0.15, -0.1) is 0 Å². The van der Waals surface area contributed by atoms with E-state index < -0.39 is 0 Å². The molecule has 0 aliphatic rings. The third-order valence-corrected chi connectivity index (χ3v) is 4.55. The van der Waals surface area contributed by atoms with Gasteiger partial charge in [0.25, 0.3) is 0 Å². The Morgan fingerprint density at radius 3 is 2.54 bits per heavy atom. The number of rotatable bonds is 0. The van der Waals surface area contributed by atoms with Crippen LogP contribution in [0.4, 0.5) is 0 Å². The van der Waals surface area contributed by atoms with Crippen molar-refractivity contribution in [3.8, 4) is 0 Å². The van der Waals surface area contributed by atoms with Gasteiger partial charge in [0, 0.05) is 9.86 Å². The summed E-state index contributed by atoms with van der Waals surface area (Å²) in [4.78, 5) is 2.99. The molecule has 0 unspecified atom stereocenters. The first-order valence-electron chi connectivity index (χ1n) is 3.42. The highest BCUT2D eigenvalue weighted by molar-refractivity contribution is 9.13. The molecule has 0 saturated carbocycles. The van der Waals surface area contributed by atoms with Gasteiger partial charge in [0.05, 0.1) is 15.0 Å². The van der Waals surface area contributed by atoms with Crippen LogP contribution in [0.2, 0.25) is 10.2 Å². The van der Waals surface area contributed by atoms with E-state index in [0.29, 0.717) is 10.2 Å². The lowest BCUT2D eigenvalue weighted by molar-refractivity contribution is 1.46. The number of H-pyrrole nitrogens is 1. The highest BCUT2D eigenvalue weighted by Crippen LogP contribution is 2.37. The largest absolute Gasteiger partial charge is 0.343 e. The van der Waals surface area contributed by atoms with E-state index in [9.17, 15) is 0 Å². The smallest absolute Gasteiger partial charge is 0.126 e. The van der Waals surface area contributed by atoms with E-state index in [-0.39, 0.29) is 0 Å². The second-order valence-electron chi connectivity index (χ2n) is 2.54. The van der Waals surface area contributed by atoms with Crippen molar-refractivity contribution in [3.63, 3.8) is 0 Å². The Morgan fingerprint density at radius 1 is 1.15 bits per heavy atom. The molecule has 0 spiro atoms. The van der Waals surface area contributed by atoms with Crippen LogP contribution in [0.3, 0.4) is 0 Å². The summed E-state index contributed by atoms with van der Waals surface area (Å²) in [5.41, 5.74) is 0.907. The number of fused-ring (bicyclic) bond motifs is 1. The van der Waals surface area contributed by atoms with Crippen LogP contribution in [0.25, 0.3) is 10.9 Å². The predicted octanol–water partition coefficient (Wildman–Crippen LogP) is 5.00. The van der Waals surface area contributed by atoms with Gasteiger partial charge in [-0.05, 0) is 37.9 Å². The first-order valence-corrected chi connectivity index (χ1v) is 5.76. The molecule has 2 aromatic rings. The molecule has 1 N–H and O–H groups in total. The molecule has 1 heterocycles. The van der Waals surface area contributed by atoms with Crippen molar-refractivity contribution in [2.24, 2.45) is 0 Å². The number of benzene rings is 1. The van der Waals surface area contributed by atoms with Crippen LogP contribution >= 0.6 is 55.1 Å². The minimum Gasteiger partial charge on any atom is -0.343 e. The van der Waals surface area contributed by atoms with E-state index in [2.05, 4.69) is 36.8 Å². The molecule has 0 saturated heterocycles. The van der Waals surface area contributed by atoms with Gasteiger partial charge >= 0.3 is 0 Å². The Hall–Kier alpha value is 0.300. The van der Waals surface area contributed by atoms with E-state index in [1.807, 2.05) is 12.1 Å². The molecule has 1 nitrogen and oxygen atoms in total. The minimum atomic E-state index is 0.468. The van der Waals surface area contributed by atoms with Crippen LogP contribution in [0.5, 0.6) is 0 Å². The first-order chi connectivity index (χ1) is 6.11. The summed E-state index contributed by atoms with van der Waals surface area (Å²) in [6, 6.07) is 3.83. The molecule has 5 heteroatoms. The van der Waals surface area contributed by atoms with Crippen molar-refractivity contribution < 1.29 is 0 Å². The van der Waals surface area contributed by atoms with Crippen molar-refractivity contribution in [1.82, 2.24) is 4.98 Å². The summed E-state index contributed by atoms with van der Waals surface area (Å²) < 4.78 is 1.90. The summed E-state index contributed by atoms with van der Waals surface area (Å²) in [7, 11) is 0. The van der Waals surface area contributed by atoms with Gasteiger partial charge in [0.15, 0.2) is 0 Å². The number of aromatic amines is 1. The fourth-order valence-electron chi connectivity index (χ4n) is 1.14. The zero-order valence-electron chi connectivity index (χ0n) is 6.17. The Kier molecular flexibility index (Phi) is 2.62. The van der Waals surface area contributed by atoms with E-state index in [0.717, 1.165) is 19.8 Å². The van der Waals surface area contributed by atoms with Gasteiger partial charge in [-0.25, -0.2) is 0 Å². The molecule has 0 fully saturated rings. The van der Waals surface area contributed by atoms with E-state index in [1.165, 1.54) is 0 Å². The highest BCUT2D eigenvalue weighted by Gasteiger charge is 2.11. The third-order valence-electron chi connectivity index (χ3n) is 1.76. The number of hydrogen-bond acceptors (Lipinski definition) is 0. The maximum absolute atomic E-state index is 5.97. The monoisotopic (exact) mass is 341 g/mol. The molecular formula is C8H3Br2Cl2N. The standard InChI is InChI=1S/C8H3Br2Cl2N/c9-4-2-1-3-6(11)8(12)13-7(3)5(4)10/h1-2,13H. The van der Waals surface area contributed by atoms with Gasteiger partial charge < -0.3 is 4.98 Å². The molecule has 13 heavy (non-hydrogen) atoms. The van der Waals surface area contributed by atoms with Gasteiger partial charge in [-0.3, -0.25) is 0 Å². The summed E-state index contributed by atoms with van der Waals surface area (Å²) >= 11 is 18.6. The molecule has 0 amide bonds. The van der Waals surface area contributed by atoms with Crippen LogP contribution in [-0.4, -0.2) is 4.98 Å². The van der Waals surface area contributed by atoms with Crippen molar-refractivity contribution in [2.45, 2.75) is 0 Å². The Morgan fingerprint density at radius 2 is 1.85 bits per heavy atom. The van der Waals surface area contributed by atoms with Crippen LogP contribution in [0, 0.1) is 0 Å². The van der Waals surface area contributed by atoms with E-state index >= 15 is 0 Å². The fourth-order valence-corrected chi connectivity index (χ4v) is 2.31. The van der Waals surface area contributed by atoms with Crippen LogP contribution in [0.15, 0.2) is 21.1 Å². The average Bonchev–Trinajstić information content (AvgIpc) is 2.38. The molecule has 2 rings (SSSR count). The third kappa shape index (κ3) is 1.52. The van der Waals surface area contributed by atoms with Crippen molar-refractivity contribution in [3.05, 3.63) is 31.3 Å². The zero-order valence-corrected chi connectivity index (χ0v) is 10.9. The lowest BCUT2D eigenvalue weighted by Gasteiger charge is -1.96. The van der Waals surface area contributed by atoms with Gasteiger partial charge in [0.2, 0.25) is 0 Å². The molecular weight excluding hydrogens is 341 g/mol. The normalized spacial score (nSPS) is 11.1. The average molecular weight is 344 g/mol. The second-order valence-corrected chi connectivity index (χ2v) is 4.94. The first kappa shape index (κ1) is 9.84. The predicted molar refractivity (Wildman–Crippen MR) is 63.7 cm³/mol. The van der Waals surface area contributed by atoms with E-state index in [4.69, 9.17) is 23.2 Å². The molecule has 1 aromatic heterocycles. The summed E-state index contributed by atoms with van der Waals surface area (Å²) in [6.45, 7) is 0. The van der Waals surface area contributed by atoms with Gasteiger partial charge in [-0.2, -0.15) is 0 Å². The number of aromatic nitrogens is 1. The summed E-state index contributed by atoms with van der Waals surface area (Å²) in [5, 5.41) is 1.95. The lowest BCUT2D eigenvalue weighted by Crippen LogP contribution is -1.72. The fraction of sp³-hybridized carbons (Fsp3) is 0. The second kappa shape index (κ2) is 3.46. The Labute approximate surface area is 102 Å². The SMILES string of the molecule is Clc1[nH]c2c(Br)c(Br)ccc2c1Cl. The lowest BCUT2D eigenvalue weighted by atomic mass is 10.2. The van der Waals surface area contributed by atoms with Crippen LogP contribution < -0.4 is 0 Å². The number of nitrogens with one attached hydrogen (secondary N) is 1. The minimum absolute atomic E-state index is 0.468. The van der Waals surface area contributed by atoms with Gasteiger partial charge in [-0.1, -0.05) is 29.3 Å². The molecule has 0 aliphatic heterocycles. The zero-order chi connectivity index (χ0) is 9.59. The Bertz CT molecular complexity index is 478. The quantitative estimate of drug-likeness (QED) is 0.693. The number of halogens is 4. The maximum Gasteiger partial charge on any atom is 0.126 e. The van der Waals surface area contributed by atoms with Crippen molar-refractivity contribution >= 4 is 66.0 Å². The molecule has 0 atom stereocenters. The highest BCUT2D eigenvalue weighted by atomic mass is 79.9. The Balaban J connectivity index is 2.94. The molecule has 0 radical (unpaired) electrons. The number of hydrogen-bond donors (Lipinski definition) is 1. The molecule has 0 aliphatic carbocycles. The maximum atomic E-state index is 5.97. The molecule has 0 bridgehead atoms. The molecule has 1 aromatic carbocycles. The van der Waals surface area contributed by atoms with E-state index in [1.54, 1.807) is 0 Å². The topological polar surface area (TPSA) is 15.8 Å². The van der Waals surface area contributed by atoms with Gasteiger partial charge in [0.1, 0.15) is 5.15 Å².